The Balaban J connectivity index is 2.18. The van der Waals surface area contributed by atoms with Gasteiger partial charge in [0.25, 0.3) is 0 Å². The maximum atomic E-state index is 10.4. The van der Waals surface area contributed by atoms with Crippen LogP contribution in [0.4, 0.5) is 0 Å². The van der Waals surface area contributed by atoms with Crippen LogP contribution in [0.25, 0.3) is 0 Å². The first-order chi connectivity index (χ1) is 7.10. The lowest BCUT2D eigenvalue weighted by molar-refractivity contribution is -0.00892. The van der Waals surface area contributed by atoms with E-state index >= 15 is 0 Å². The molecule has 4 nitrogen and oxygen atoms in total. The molecule has 0 radical (unpaired) electrons. The van der Waals surface area contributed by atoms with Crippen molar-refractivity contribution < 1.29 is 10.2 Å². The average molecular weight is 208 g/mol. The number of rotatable bonds is 1. The molecular formula is C11H16N2O2. The van der Waals surface area contributed by atoms with Gasteiger partial charge in [-0.3, -0.25) is 4.98 Å². The molecule has 1 heterocycles. The number of aromatic hydroxyl groups is 1. The van der Waals surface area contributed by atoms with Gasteiger partial charge in [0.1, 0.15) is 11.4 Å². The number of aliphatic hydroxyl groups is 1. The molecule has 1 aliphatic rings. The molecule has 0 atom stereocenters. The third-order valence-electron chi connectivity index (χ3n) is 3.08. The summed E-state index contributed by atoms with van der Waals surface area (Å²) in [4.78, 5) is 4.06. The van der Waals surface area contributed by atoms with E-state index in [4.69, 9.17) is 10.8 Å². The van der Waals surface area contributed by atoms with Gasteiger partial charge in [-0.05, 0) is 37.8 Å². The van der Waals surface area contributed by atoms with Crippen molar-refractivity contribution in [3.8, 4) is 5.75 Å². The topological polar surface area (TPSA) is 79.4 Å². The molecule has 1 aromatic heterocycles. The highest BCUT2D eigenvalue weighted by atomic mass is 16.3. The number of nitrogens with zero attached hydrogens (tertiary/aromatic N) is 1. The summed E-state index contributed by atoms with van der Waals surface area (Å²) >= 11 is 0. The quantitative estimate of drug-likeness (QED) is 0.640. The van der Waals surface area contributed by atoms with Crippen molar-refractivity contribution in [1.29, 1.82) is 0 Å². The molecule has 2 rings (SSSR count). The van der Waals surface area contributed by atoms with Crippen molar-refractivity contribution in [3.63, 3.8) is 0 Å². The molecule has 0 saturated heterocycles. The molecule has 1 aliphatic carbocycles. The van der Waals surface area contributed by atoms with E-state index in [0.29, 0.717) is 18.5 Å². The number of pyridine rings is 1. The Morgan fingerprint density at radius 1 is 1.33 bits per heavy atom. The van der Waals surface area contributed by atoms with Crippen molar-refractivity contribution >= 4 is 0 Å². The van der Waals surface area contributed by atoms with Crippen molar-refractivity contribution in [2.24, 2.45) is 5.73 Å². The first-order valence-corrected chi connectivity index (χ1v) is 5.24. The predicted octanol–water partition coefficient (Wildman–Crippen LogP) is 0.876. The van der Waals surface area contributed by atoms with Crippen LogP contribution in [0.2, 0.25) is 0 Å². The van der Waals surface area contributed by atoms with Crippen molar-refractivity contribution in [3.05, 3.63) is 24.0 Å². The van der Waals surface area contributed by atoms with Crippen molar-refractivity contribution in [1.82, 2.24) is 4.98 Å². The van der Waals surface area contributed by atoms with E-state index in [-0.39, 0.29) is 11.8 Å². The highest BCUT2D eigenvalue weighted by Crippen LogP contribution is 2.35. The van der Waals surface area contributed by atoms with E-state index in [1.165, 1.54) is 6.20 Å². The van der Waals surface area contributed by atoms with Crippen LogP contribution in [0, 0.1) is 0 Å². The molecule has 0 aliphatic heterocycles. The van der Waals surface area contributed by atoms with Crippen LogP contribution in [0.15, 0.2) is 18.3 Å². The smallest absolute Gasteiger partial charge is 0.133 e. The lowest BCUT2D eigenvalue weighted by Crippen LogP contribution is -2.37. The minimum atomic E-state index is -0.858. The summed E-state index contributed by atoms with van der Waals surface area (Å²) < 4.78 is 0. The maximum absolute atomic E-state index is 10.4. The van der Waals surface area contributed by atoms with Crippen LogP contribution in [0.3, 0.4) is 0 Å². The third-order valence-corrected chi connectivity index (χ3v) is 3.08. The van der Waals surface area contributed by atoms with Gasteiger partial charge in [0.2, 0.25) is 0 Å². The molecule has 0 spiro atoms. The van der Waals surface area contributed by atoms with Gasteiger partial charge in [-0.1, -0.05) is 0 Å². The molecule has 0 amide bonds. The first kappa shape index (κ1) is 10.4. The maximum Gasteiger partial charge on any atom is 0.133 e. The van der Waals surface area contributed by atoms with Gasteiger partial charge in [-0.15, -0.1) is 0 Å². The Hall–Kier alpha value is -1.13. The number of hydrogen-bond acceptors (Lipinski definition) is 4. The fourth-order valence-electron chi connectivity index (χ4n) is 2.04. The van der Waals surface area contributed by atoms with Gasteiger partial charge >= 0.3 is 0 Å². The SMILES string of the molecule is N[C@H]1CC[C@](O)(c2ccc(O)cn2)CC1. The van der Waals surface area contributed by atoms with E-state index in [0.717, 1.165) is 12.8 Å². The summed E-state index contributed by atoms with van der Waals surface area (Å²) in [7, 11) is 0. The van der Waals surface area contributed by atoms with Crippen LogP contribution in [0.5, 0.6) is 5.75 Å². The van der Waals surface area contributed by atoms with Crippen LogP contribution >= 0.6 is 0 Å². The van der Waals surface area contributed by atoms with Gasteiger partial charge in [0, 0.05) is 6.04 Å². The third kappa shape index (κ3) is 2.11. The molecule has 1 fully saturated rings. The monoisotopic (exact) mass is 208 g/mol. The van der Waals surface area contributed by atoms with Crippen LogP contribution in [0.1, 0.15) is 31.4 Å². The van der Waals surface area contributed by atoms with E-state index in [9.17, 15) is 5.11 Å². The highest BCUT2D eigenvalue weighted by molar-refractivity contribution is 5.22. The first-order valence-electron chi connectivity index (χ1n) is 5.24. The molecule has 0 unspecified atom stereocenters. The van der Waals surface area contributed by atoms with Gasteiger partial charge in [0.05, 0.1) is 11.9 Å². The van der Waals surface area contributed by atoms with E-state index < -0.39 is 5.60 Å². The van der Waals surface area contributed by atoms with Gasteiger partial charge in [0.15, 0.2) is 0 Å². The van der Waals surface area contributed by atoms with Crippen LogP contribution in [-0.4, -0.2) is 21.2 Å². The zero-order valence-electron chi connectivity index (χ0n) is 8.56. The normalized spacial score (nSPS) is 31.5. The van der Waals surface area contributed by atoms with Gasteiger partial charge in [-0.25, -0.2) is 0 Å². The van der Waals surface area contributed by atoms with E-state index in [1.807, 2.05) is 0 Å². The molecule has 0 bridgehead atoms. The second-order valence-corrected chi connectivity index (χ2v) is 4.27. The molecule has 15 heavy (non-hydrogen) atoms. The number of nitrogens with two attached hydrogens (primary N) is 1. The highest BCUT2D eigenvalue weighted by Gasteiger charge is 2.34. The minimum Gasteiger partial charge on any atom is -0.506 e. The fourth-order valence-corrected chi connectivity index (χ4v) is 2.04. The summed E-state index contributed by atoms with van der Waals surface area (Å²) in [5, 5.41) is 19.5. The Bertz CT molecular complexity index is 329. The second-order valence-electron chi connectivity index (χ2n) is 4.27. The summed E-state index contributed by atoms with van der Waals surface area (Å²) in [5.74, 6) is 0.120. The van der Waals surface area contributed by atoms with Crippen molar-refractivity contribution in [2.75, 3.05) is 0 Å². The van der Waals surface area contributed by atoms with E-state index in [1.54, 1.807) is 12.1 Å². The average Bonchev–Trinajstić information content (AvgIpc) is 2.24. The molecule has 1 saturated carbocycles. The lowest BCUT2D eigenvalue weighted by atomic mass is 9.80. The molecule has 4 N–H and O–H groups in total. The zero-order chi connectivity index (χ0) is 10.9. The predicted molar refractivity (Wildman–Crippen MR) is 56.2 cm³/mol. The van der Waals surface area contributed by atoms with Gasteiger partial charge < -0.3 is 15.9 Å². The summed E-state index contributed by atoms with van der Waals surface area (Å²) in [6.07, 6.45) is 4.29. The Labute approximate surface area is 88.8 Å². The van der Waals surface area contributed by atoms with Crippen molar-refractivity contribution in [2.45, 2.75) is 37.3 Å². The minimum absolute atomic E-state index is 0.120. The number of aromatic nitrogens is 1. The lowest BCUT2D eigenvalue weighted by Gasteiger charge is -2.34. The summed E-state index contributed by atoms with van der Waals surface area (Å²) in [6, 6.07) is 3.42. The van der Waals surface area contributed by atoms with Gasteiger partial charge in [-0.2, -0.15) is 0 Å². The molecule has 82 valence electrons. The molecule has 4 heteroatoms. The largest absolute Gasteiger partial charge is 0.506 e. The summed E-state index contributed by atoms with van der Waals surface area (Å²) in [5.41, 5.74) is 5.56. The standard InChI is InChI=1S/C11H16N2O2/c12-8-3-5-11(15,6-4-8)10-2-1-9(14)7-13-10/h1-2,7-8,14-15H,3-6,12H2/t8-,11+. The summed E-state index contributed by atoms with van der Waals surface area (Å²) in [6.45, 7) is 0. The van der Waals surface area contributed by atoms with Crippen LogP contribution < -0.4 is 5.73 Å². The Kier molecular flexibility index (Phi) is 2.63. The number of hydrogen-bond donors (Lipinski definition) is 3. The second kappa shape index (κ2) is 3.79. The molecule has 1 aromatic rings. The molecule has 0 aromatic carbocycles. The van der Waals surface area contributed by atoms with E-state index in [2.05, 4.69) is 4.98 Å². The fraction of sp³-hybridized carbons (Fsp3) is 0.545. The Morgan fingerprint density at radius 2 is 2.00 bits per heavy atom. The zero-order valence-corrected chi connectivity index (χ0v) is 8.56. The Morgan fingerprint density at radius 3 is 2.53 bits per heavy atom. The van der Waals surface area contributed by atoms with Crippen LogP contribution in [-0.2, 0) is 5.60 Å². The molecular weight excluding hydrogens is 192 g/mol.